The number of benzene rings is 1. The second-order valence-electron chi connectivity index (χ2n) is 5.64. The summed E-state index contributed by atoms with van der Waals surface area (Å²) in [6, 6.07) is 7.10. The molecule has 1 saturated heterocycles. The van der Waals surface area contributed by atoms with Crippen LogP contribution in [0.4, 0.5) is 0 Å². The van der Waals surface area contributed by atoms with Gasteiger partial charge in [-0.2, -0.15) is 0 Å². The maximum atomic E-state index is 3.51. The van der Waals surface area contributed by atoms with Crippen LogP contribution in [-0.4, -0.2) is 13.1 Å². The Kier molecular flexibility index (Phi) is 2.16. The fraction of sp³-hybridized carbons (Fsp3) is 0.600. The van der Waals surface area contributed by atoms with Crippen LogP contribution >= 0.6 is 0 Å². The molecule has 2 aliphatic rings. The number of aryl methyl sites for hydroxylation is 2. The van der Waals surface area contributed by atoms with Crippen LogP contribution in [0.3, 0.4) is 0 Å². The summed E-state index contributed by atoms with van der Waals surface area (Å²) in [5.41, 5.74) is 4.95. The summed E-state index contributed by atoms with van der Waals surface area (Å²) in [6.07, 6.45) is 1.30. The molecule has 1 heterocycles. The van der Waals surface area contributed by atoms with Crippen LogP contribution < -0.4 is 5.32 Å². The maximum absolute atomic E-state index is 3.51. The van der Waals surface area contributed by atoms with E-state index in [1.165, 1.54) is 30.6 Å². The van der Waals surface area contributed by atoms with Crippen molar-refractivity contribution in [1.82, 2.24) is 5.32 Å². The van der Waals surface area contributed by atoms with Crippen molar-refractivity contribution >= 4 is 0 Å². The van der Waals surface area contributed by atoms with E-state index in [2.05, 4.69) is 44.3 Å². The Bertz CT molecular complexity index is 391. The predicted molar refractivity (Wildman–Crippen MR) is 67.7 cm³/mol. The van der Waals surface area contributed by atoms with E-state index in [0.29, 0.717) is 5.41 Å². The summed E-state index contributed by atoms with van der Waals surface area (Å²) >= 11 is 0. The minimum Gasteiger partial charge on any atom is -0.316 e. The van der Waals surface area contributed by atoms with Crippen molar-refractivity contribution < 1.29 is 0 Å². The molecule has 1 aromatic rings. The van der Waals surface area contributed by atoms with E-state index in [1.807, 2.05) is 0 Å². The predicted octanol–water partition coefficient (Wildman–Crippen LogP) is 2.80. The number of hydrogen-bond acceptors (Lipinski definition) is 1. The normalized spacial score (nSPS) is 36.2. The molecule has 0 amide bonds. The smallest absolute Gasteiger partial charge is 0.00381 e. The molecule has 0 bridgehead atoms. The van der Waals surface area contributed by atoms with Gasteiger partial charge in [-0.3, -0.25) is 0 Å². The monoisotopic (exact) mass is 215 g/mol. The second kappa shape index (κ2) is 3.33. The van der Waals surface area contributed by atoms with Crippen LogP contribution in [0.5, 0.6) is 0 Å². The maximum Gasteiger partial charge on any atom is 0.00381 e. The summed E-state index contributed by atoms with van der Waals surface area (Å²) in [5.74, 6) is 1.80. The van der Waals surface area contributed by atoms with E-state index in [9.17, 15) is 0 Å². The van der Waals surface area contributed by atoms with Gasteiger partial charge in [-0.15, -0.1) is 0 Å². The molecule has 1 aromatic carbocycles. The van der Waals surface area contributed by atoms with Crippen molar-refractivity contribution in [3.8, 4) is 0 Å². The van der Waals surface area contributed by atoms with E-state index < -0.39 is 0 Å². The average molecular weight is 215 g/mol. The first-order valence-electron chi connectivity index (χ1n) is 6.48. The minimum absolute atomic E-state index is 0.516. The molecule has 1 N–H and O–H groups in total. The van der Waals surface area contributed by atoms with Gasteiger partial charge in [0.1, 0.15) is 0 Å². The van der Waals surface area contributed by atoms with Crippen LogP contribution in [0.15, 0.2) is 18.2 Å². The second-order valence-corrected chi connectivity index (χ2v) is 5.64. The van der Waals surface area contributed by atoms with Gasteiger partial charge >= 0.3 is 0 Å². The SMILES string of the molecule is CCC1(c2cc(C)cc(C)c2)[C@@H]2CNC[C@@H]21. The quantitative estimate of drug-likeness (QED) is 0.800. The Morgan fingerprint density at radius 2 is 1.69 bits per heavy atom. The molecule has 3 atom stereocenters. The summed E-state index contributed by atoms with van der Waals surface area (Å²) in [5, 5.41) is 3.51. The molecule has 1 nitrogen and oxygen atoms in total. The highest BCUT2D eigenvalue weighted by molar-refractivity contribution is 5.42. The molecular weight excluding hydrogens is 194 g/mol. The van der Waals surface area contributed by atoms with Gasteiger partial charge in [0, 0.05) is 5.41 Å². The molecule has 1 aliphatic carbocycles. The summed E-state index contributed by atoms with van der Waals surface area (Å²) in [6.45, 7) is 9.25. The Balaban J connectivity index is 2.02. The molecular formula is C15H21N. The van der Waals surface area contributed by atoms with Crippen molar-refractivity contribution in [3.05, 3.63) is 34.9 Å². The van der Waals surface area contributed by atoms with Gasteiger partial charge in [0.25, 0.3) is 0 Å². The topological polar surface area (TPSA) is 12.0 Å². The van der Waals surface area contributed by atoms with Crippen LogP contribution in [0.25, 0.3) is 0 Å². The van der Waals surface area contributed by atoms with E-state index in [1.54, 1.807) is 5.56 Å². The Morgan fingerprint density at radius 1 is 1.12 bits per heavy atom. The minimum atomic E-state index is 0.516. The Labute approximate surface area is 98.3 Å². The fourth-order valence-electron chi connectivity index (χ4n) is 4.05. The van der Waals surface area contributed by atoms with Gasteiger partial charge in [0.15, 0.2) is 0 Å². The zero-order valence-electron chi connectivity index (χ0n) is 10.5. The third-order valence-electron chi connectivity index (χ3n) is 4.77. The Hall–Kier alpha value is -0.820. The molecule has 0 aromatic heterocycles. The molecule has 0 radical (unpaired) electrons. The highest BCUT2D eigenvalue weighted by Gasteiger charge is 2.65. The lowest BCUT2D eigenvalue weighted by Crippen LogP contribution is -2.25. The van der Waals surface area contributed by atoms with Crippen LogP contribution in [0.2, 0.25) is 0 Å². The average Bonchev–Trinajstić information content (AvgIpc) is 2.62. The zero-order chi connectivity index (χ0) is 11.3. The summed E-state index contributed by atoms with van der Waals surface area (Å²) < 4.78 is 0. The van der Waals surface area contributed by atoms with Crippen molar-refractivity contribution in [2.45, 2.75) is 32.6 Å². The fourth-order valence-corrected chi connectivity index (χ4v) is 4.05. The molecule has 2 fully saturated rings. The van der Waals surface area contributed by atoms with Crippen molar-refractivity contribution in [2.24, 2.45) is 11.8 Å². The van der Waals surface area contributed by atoms with Crippen LogP contribution in [0.1, 0.15) is 30.0 Å². The number of nitrogens with one attached hydrogen (secondary N) is 1. The van der Waals surface area contributed by atoms with E-state index >= 15 is 0 Å². The highest BCUT2D eigenvalue weighted by atomic mass is 15.0. The summed E-state index contributed by atoms with van der Waals surface area (Å²) in [7, 11) is 0. The third kappa shape index (κ3) is 1.21. The molecule has 1 heteroatoms. The molecule has 16 heavy (non-hydrogen) atoms. The number of piperidine rings is 1. The first-order chi connectivity index (χ1) is 7.68. The first kappa shape index (κ1) is 10.3. The van der Waals surface area contributed by atoms with Crippen molar-refractivity contribution in [1.29, 1.82) is 0 Å². The summed E-state index contributed by atoms with van der Waals surface area (Å²) in [4.78, 5) is 0. The molecule has 1 unspecified atom stereocenters. The molecule has 86 valence electrons. The van der Waals surface area contributed by atoms with Gasteiger partial charge in [0.05, 0.1) is 0 Å². The molecule has 1 saturated carbocycles. The van der Waals surface area contributed by atoms with E-state index in [-0.39, 0.29) is 0 Å². The first-order valence-corrected chi connectivity index (χ1v) is 6.48. The van der Waals surface area contributed by atoms with Gasteiger partial charge < -0.3 is 5.32 Å². The lowest BCUT2D eigenvalue weighted by atomic mass is 9.86. The standard InChI is InChI=1S/C15H21N/c1-4-15(13-8-16-9-14(13)15)12-6-10(2)5-11(3)7-12/h5-7,13-14,16H,4,8-9H2,1-3H3/t13-,14+,15?. The van der Waals surface area contributed by atoms with Gasteiger partial charge in [-0.05, 0) is 50.8 Å². The van der Waals surface area contributed by atoms with Crippen molar-refractivity contribution in [2.75, 3.05) is 13.1 Å². The van der Waals surface area contributed by atoms with Gasteiger partial charge in [0.2, 0.25) is 0 Å². The van der Waals surface area contributed by atoms with Crippen molar-refractivity contribution in [3.63, 3.8) is 0 Å². The third-order valence-corrected chi connectivity index (χ3v) is 4.77. The number of hydrogen-bond donors (Lipinski definition) is 1. The number of rotatable bonds is 2. The van der Waals surface area contributed by atoms with Crippen LogP contribution in [-0.2, 0) is 5.41 Å². The Morgan fingerprint density at radius 3 is 2.19 bits per heavy atom. The molecule has 1 aliphatic heterocycles. The highest BCUT2D eigenvalue weighted by Crippen LogP contribution is 2.63. The zero-order valence-corrected chi connectivity index (χ0v) is 10.5. The van der Waals surface area contributed by atoms with Gasteiger partial charge in [-0.1, -0.05) is 36.2 Å². The molecule has 0 spiro atoms. The van der Waals surface area contributed by atoms with E-state index in [0.717, 1.165) is 11.8 Å². The number of fused-ring (bicyclic) bond motifs is 1. The lowest BCUT2D eigenvalue weighted by molar-refractivity contribution is 0.502. The molecule has 3 rings (SSSR count). The lowest BCUT2D eigenvalue weighted by Gasteiger charge is -2.21. The van der Waals surface area contributed by atoms with Gasteiger partial charge in [-0.25, -0.2) is 0 Å². The largest absolute Gasteiger partial charge is 0.316 e. The van der Waals surface area contributed by atoms with Crippen LogP contribution in [0, 0.1) is 25.7 Å². The van der Waals surface area contributed by atoms with E-state index in [4.69, 9.17) is 0 Å².